The van der Waals surface area contributed by atoms with E-state index in [1.165, 1.54) is 6.07 Å². The summed E-state index contributed by atoms with van der Waals surface area (Å²) >= 11 is 0. The molecule has 0 fully saturated rings. The van der Waals surface area contributed by atoms with Gasteiger partial charge >= 0.3 is 5.97 Å². The first-order chi connectivity index (χ1) is 9.61. The number of esters is 1. The number of carbonyl (C=O) groups excluding carboxylic acids is 1. The Labute approximate surface area is 117 Å². The highest BCUT2D eigenvalue weighted by Gasteiger charge is 2.14. The number of halogens is 1. The van der Waals surface area contributed by atoms with Gasteiger partial charge in [-0.25, -0.2) is 9.18 Å². The predicted octanol–water partition coefficient (Wildman–Crippen LogP) is 2.98. The zero-order chi connectivity index (χ0) is 14.5. The van der Waals surface area contributed by atoms with Crippen LogP contribution < -0.4 is 5.73 Å². The predicted molar refractivity (Wildman–Crippen MR) is 74.7 cm³/mol. The third-order valence-electron chi connectivity index (χ3n) is 2.91. The number of nitrogen functional groups attached to an aromatic ring is 1. The zero-order valence-electron chi connectivity index (χ0n) is 11.3. The van der Waals surface area contributed by atoms with E-state index in [9.17, 15) is 9.18 Å². The molecule has 0 saturated heterocycles. The molecule has 2 aromatic rings. The maximum Gasteiger partial charge on any atom is 0.355 e. The lowest BCUT2D eigenvalue weighted by molar-refractivity contribution is 0.0456. The first kappa shape index (κ1) is 14.1. The summed E-state index contributed by atoms with van der Waals surface area (Å²) < 4.78 is 20.3. The summed E-state index contributed by atoms with van der Waals surface area (Å²) in [5.41, 5.74) is 6.94. The van der Waals surface area contributed by atoms with Crippen molar-refractivity contribution in [1.82, 2.24) is 4.57 Å². The molecule has 106 valence electrons. The molecule has 4 nitrogen and oxygen atoms in total. The first-order valence-corrected chi connectivity index (χ1v) is 6.48. The van der Waals surface area contributed by atoms with Crippen LogP contribution in [0.2, 0.25) is 0 Å². The molecule has 0 aliphatic rings. The lowest BCUT2D eigenvalue weighted by atomic mass is 10.2. The highest BCUT2D eigenvalue weighted by atomic mass is 19.1. The van der Waals surface area contributed by atoms with Crippen molar-refractivity contribution in [2.75, 3.05) is 5.73 Å². The van der Waals surface area contributed by atoms with E-state index in [0.717, 1.165) is 6.42 Å². The molecule has 20 heavy (non-hydrogen) atoms. The Morgan fingerprint density at radius 1 is 1.40 bits per heavy atom. The number of nitrogens with zero attached hydrogens (tertiary/aromatic N) is 1. The van der Waals surface area contributed by atoms with E-state index in [-0.39, 0.29) is 12.4 Å². The second kappa shape index (κ2) is 6.23. The number of benzene rings is 1. The molecule has 2 N–H and O–H groups in total. The van der Waals surface area contributed by atoms with Gasteiger partial charge in [-0.2, -0.15) is 0 Å². The van der Waals surface area contributed by atoms with Crippen LogP contribution in [-0.2, 0) is 17.9 Å². The average Bonchev–Trinajstić information content (AvgIpc) is 2.79. The van der Waals surface area contributed by atoms with E-state index in [0.29, 0.717) is 23.5 Å². The molecule has 1 aromatic carbocycles. The van der Waals surface area contributed by atoms with Crippen molar-refractivity contribution in [3.05, 3.63) is 53.6 Å². The number of aromatic nitrogens is 1. The van der Waals surface area contributed by atoms with E-state index < -0.39 is 5.97 Å². The van der Waals surface area contributed by atoms with Crippen molar-refractivity contribution in [2.24, 2.45) is 0 Å². The summed E-state index contributed by atoms with van der Waals surface area (Å²) in [6.45, 7) is 2.59. The van der Waals surface area contributed by atoms with Crippen molar-refractivity contribution in [1.29, 1.82) is 0 Å². The van der Waals surface area contributed by atoms with Gasteiger partial charge in [-0.1, -0.05) is 25.1 Å². The van der Waals surface area contributed by atoms with Crippen LogP contribution in [0.1, 0.15) is 29.4 Å². The van der Waals surface area contributed by atoms with E-state index >= 15 is 0 Å². The number of carbonyl (C=O) groups is 1. The van der Waals surface area contributed by atoms with Gasteiger partial charge in [0.2, 0.25) is 0 Å². The molecule has 0 amide bonds. The maximum absolute atomic E-state index is 13.4. The van der Waals surface area contributed by atoms with Gasteiger partial charge in [0.1, 0.15) is 18.1 Å². The van der Waals surface area contributed by atoms with Crippen molar-refractivity contribution in [2.45, 2.75) is 26.5 Å². The van der Waals surface area contributed by atoms with Crippen LogP contribution in [-0.4, -0.2) is 10.5 Å². The third kappa shape index (κ3) is 3.17. The van der Waals surface area contributed by atoms with E-state index in [1.54, 1.807) is 35.0 Å². The molecule has 0 unspecified atom stereocenters. The zero-order valence-corrected chi connectivity index (χ0v) is 11.3. The van der Waals surface area contributed by atoms with Gasteiger partial charge in [-0.3, -0.25) is 0 Å². The van der Waals surface area contributed by atoms with E-state index in [2.05, 4.69) is 0 Å². The molecule has 0 atom stereocenters. The van der Waals surface area contributed by atoms with E-state index in [4.69, 9.17) is 10.5 Å². The minimum atomic E-state index is -0.501. The van der Waals surface area contributed by atoms with Crippen LogP contribution in [0.3, 0.4) is 0 Å². The minimum absolute atomic E-state index is 0.0945. The summed E-state index contributed by atoms with van der Waals surface area (Å²) in [6, 6.07) is 7.78. The van der Waals surface area contributed by atoms with Gasteiger partial charge in [-0.15, -0.1) is 0 Å². The minimum Gasteiger partial charge on any atom is -0.456 e. The fraction of sp³-hybridized carbons (Fsp3) is 0.267. The normalized spacial score (nSPS) is 10.5. The number of hydrogen-bond donors (Lipinski definition) is 1. The summed E-state index contributed by atoms with van der Waals surface area (Å²) in [7, 11) is 0. The second-order valence-corrected chi connectivity index (χ2v) is 4.52. The summed E-state index contributed by atoms with van der Waals surface area (Å²) in [6.07, 6.45) is 2.57. The Balaban J connectivity index is 2.07. The number of hydrogen-bond acceptors (Lipinski definition) is 3. The lowest BCUT2D eigenvalue weighted by Crippen LogP contribution is -2.12. The molecule has 0 spiro atoms. The Hall–Kier alpha value is -2.30. The second-order valence-electron chi connectivity index (χ2n) is 4.52. The van der Waals surface area contributed by atoms with E-state index in [1.807, 2.05) is 6.92 Å². The summed E-state index contributed by atoms with van der Waals surface area (Å²) in [5, 5.41) is 0. The van der Waals surface area contributed by atoms with Crippen LogP contribution in [0.25, 0.3) is 0 Å². The van der Waals surface area contributed by atoms with Gasteiger partial charge in [0, 0.05) is 18.3 Å². The standard InChI is InChI=1S/C15H17FN2O2/c1-2-7-18-9-12(17)8-14(18)15(19)20-10-11-5-3-4-6-13(11)16/h3-6,8-9H,2,7,10,17H2,1H3. The summed E-state index contributed by atoms with van der Waals surface area (Å²) in [5.74, 6) is -0.887. The van der Waals surface area contributed by atoms with Crippen LogP contribution >= 0.6 is 0 Å². The van der Waals surface area contributed by atoms with Crippen LogP contribution in [0.5, 0.6) is 0 Å². The highest BCUT2D eigenvalue weighted by molar-refractivity contribution is 5.89. The molecular weight excluding hydrogens is 259 g/mol. The Kier molecular flexibility index (Phi) is 4.40. The number of anilines is 1. The number of nitrogens with two attached hydrogens (primary N) is 1. The Bertz CT molecular complexity index is 608. The van der Waals surface area contributed by atoms with Gasteiger partial charge in [0.15, 0.2) is 0 Å². The topological polar surface area (TPSA) is 57.2 Å². The fourth-order valence-electron chi connectivity index (χ4n) is 1.96. The molecule has 1 heterocycles. The van der Waals surface area contributed by atoms with Crippen molar-refractivity contribution in [3.63, 3.8) is 0 Å². The molecule has 0 saturated carbocycles. The summed E-state index contributed by atoms with van der Waals surface area (Å²) in [4.78, 5) is 12.0. The third-order valence-corrected chi connectivity index (χ3v) is 2.91. The van der Waals surface area contributed by atoms with Crippen LogP contribution in [0.4, 0.5) is 10.1 Å². The average molecular weight is 276 g/mol. The molecule has 0 aliphatic carbocycles. The highest BCUT2D eigenvalue weighted by Crippen LogP contribution is 2.14. The van der Waals surface area contributed by atoms with Crippen molar-refractivity contribution in [3.8, 4) is 0 Å². The Morgan fingerprint density at radius 3 is 2.85 bits per heavy atom. The first-order valence-electron chi connectivity index (χ1n) is 6.48. The van der Waals surface area contributed by atoms with Crippen molar-refractivity contribution < 1.29 is 13.9 Å². The largest absolute Gasteiger partial charge is 0.456 e. The fourth-order valence-corrected chi connectivity index (χ4v) is 1.96. The SMILES string of the molecule is CCCn1cc(N)cc1C(=O)OCc1ccccc1F. The van der Waals surface area contributed by atoms with Gasteiger partial charge in [0.05, 0.1) is 5.69 Å². The van der Waals surface area contributed by atoms with Gasteiger partial charge in [0.25, 0.3) is 0 Å². The smallest absolute Gasteiger partial charge is 0.355 e. The molecule has 0 bridgehead atoms. The molecule has 1 aromatic heterocycles. The number of ether oxygens (including phenoxy) is 1. The van der Waals surface area contributed by atoms with Gasteiger partial charge < -0.3 is 15.0 Å². The molecule has 0 radical (unpaired) electrons. The monoisotopic (exact) mass is 276 g/mol. The molecule has 5 heteroatoms. The van der Waals surface area contributed by atoms with Crippen LogP contribution in [0, 0.1) is 5.82 Å². The Morgan fingerprint density at radius 2 is 2.15 bits per heavy atom. The lowest BCUT2D eigenvalue weighted by Gasteiger charge is -2.08. The molecule has 0 aliphatic heterocycles. The number of rotatable bonds is 5. The van der Waals surface area contributed by atoms with Crippen molar-refractivity contribution >= 4 is 11.7 Å². The van der Waals surface area contributed by atoms with Gasteiger partial charge in [-0.05, 0) is 18.6 Å². The molecular formula is C15H17FN2O2. The molecule has 2 rings (SSSR count). The quantitative estimate of drug-likeness (QED) is 0.854. The number of aryl methyl sites for hydroxylation is 1. The maximum atomic E-state index is 13.4. The van der Waals surface area contributed by atoms with Crippen LogP contribution in [0.15, 0.2) is 36.5 Å².